The summed E-state index contributed by atoms with van der Waals surface area (Å²) >= 11 is 0. The highest BCUT2D eigenvalue weighted by atomic mass is 16.6. The summed E-state index contributed by atoms with van der Waals surface area (Å²) in [7, 11) is 3.00. The van der Waals surface area contributed by atoms with Gasteiger partial charge in [-0.25, -0.2) is 4.79 Å². The van der Waals surface area contributed by atoms with E-state index in [0.29, 0.717) is 22.6 Å². The van der Waals surface area contributed by atoms with Crippen molar-refractivity contribution in [3.05, 3.63) is 63.7 Å². The van der Waals surface area contributed by atoms with E-state index in [4.69, 9.17) is 14.2 Å². The first-order chi connectivity index (χ1) is 14.3. The van der Waals surface area contributed by atoms with E-state index in [-0.39, 0.29) is 18.8 Å². The number of carboxylic acids is 1. The number of carbonyl (C=O) groups excluding carboxylic acids is 1. The van der Waals surface area contributed by atoms with Crippen LogP contribution in [0.5, 0.6) is 11.5 Å². The van der Waals surface area contributed by atoms with E-state index < -0.39 is 28.9 Å². The Hall–Kier alpha value is -3.66. The number of aliphatic carboxylic acids is 1. The molecule has 3 rings (SSSR count). The van der Waals surface area contributed by atoms with Crippen molar-refractivity contribution in [1.29, 1.82) is 0 Å². The van der Waals surface area contributed by atoms with Crippen molar-refractivity contribution in [3.8, 4) is 11.5 Å². The normalized spacial score (nSPS) is 18.7. The Morgan fingerprint density at radius 3 is 2.50 bits per heavy atom. The minimum absolute atomic E-state index is 0.0563. The van der Waals surface area contributed by atoms with Gasteiger partial charge in [-0.15, -0.1) is 0 Å². The summed E-state index contributed by atoms with van der Waals surface area (Å²) in [5.74, 6) is -0.603. The van der Waals surface area contributed by atoms with Crippen molar-refractivity contribution in [3.63, 3.8) is 0 Å². The van der Waals surface area contributed by atoms with Crippen LogP contribution in [-0.2, 0) is 20.9 Å². The van der Waals surface area contributed by atoms with Crippen LogP contribution in [-0.4, -0.2) is 53.7 Å². The molecule has 0 bridgehead atoms. The van der Waals surface area contributed by atoms with Crippen molar-refractivity contribution < 1.29 is 33.8 Å². The maximum absolute atomic E-state index is 12.7. The number of non-ortho nitro benzene ring substituents is 1. The molecule has 2 unspecified atom stereocenters. The van der Waals surface area contributed by atoms with Gasteiger partial charge in [-0.1, -0.05) is 12.1 Å². The number of amides is 1. The molecule has 0 saturated carbocycles. The van der Waals surface area contributed by atoms with Crippen LogP contribution in [0.15, 0.2) is 42.5 Å². The Balaban J connectivity index is 2.01. The molecule has 1 saturated heterocycles. The number of ether oxygens (including phenoxy) is 3. The first kappa shape index (κ1) is 21.1. The van der Waals surface area contributed by atoms with Crippen LogP contribution in [0.25, 0.3) is 0 Å². The highest BCUT2D eigenvalue weighted by Crippen LogP contribution is 2.35. The second-order valence-electron chi connectivity index (χ2n) is 6.56. The lowest BCUT2D eigenvalue weighted by Crippen LogP contribution is -2.51. The van der Waals surface area contributed by atoms with Gasteiger partial charge in [0.05, 0.1) is 31.7 Å². The number of benzene rings is 2. The van der Waals surface area contributed by atoms with Crippen LogP contribution >= 0.6 is 0 Å². The van der Waals surface area contributed by atoms with E-state index in [1.807, 2.05) is 0 Å². The lowest BCUT2D eigenvalue weighted by Gasteiger charge is -2.39. The molecular weight excluding hydrogens is 396 g/mol. The van der Waals surface area contributed by atoms with Crippen molar-refractivity contribution in [2.24, 2.45) is 0 Å². The van der Waals surface area contributed by atoms with Gasteiger partial charge in [0.2, 0.25) is 5.91 Å². The number of carbonyl (C=O) groups is 2. The number of nitrogens with zero attached hydrogens (tertiary/aromatic N) is 2. The number of hydrogen-bond acceptors (Lipinski definition) is 7. The van der Waals surface area contributed by atoms with Gasteiger partial charge in [0, 0.05) is 23.8 Å². The van der Waals surface area contributed by atoms with Crippen LogP contribution in [0.1, 0.15) is 17.2 Å². The van der Waals surface area contributed by atoms with E-state index in [1.54, 1.807) is 18.2 Å². The van der Waals surface area contributed by atoms with E-state index in [1.165, 1.54) is 43.4 Å². The molecule has 1 aliphatic heterocycles. The van der Waals surface area contributed by atoms with Gasteiger partial charge >= 0.3 is 5.97 Å². The Morgan fingerprint density at radius 1 is 1.23 bits per heavy atom. The molecule has 2 aromatic carbocycles. The highest BCUT2D eigenvalue weighted by Gasteiger charge is 2.42. The predicted octanol–water partition coefficient (Wildman–Crippen LogP) is 2.17. The van der Waals surface area contributed by atoms with Gasteiger partial charge in [-0.05, 0) is 17.7 Å². The lowest BCUT2D eigenvalue weighted by atomic mass is 9.96. The fourth-order valence-electron chi connectivity index (χ4n) is 3.36. The summed E-state index contributed by atoms with van der Waals surface area (Å²) in [4.78, 5) is 36.3. The Morgan fingerprint density at radius 2 is 1.93 bits per heavy atom. The van der Waals surface area contributed by atoms with Crippen molar-refractivity contribution in [1.82, 2.24) is 4.90 Å². The van der Waals surface area contributed by atoms with E-state index in [0.717, 1.165) is 0 Å². The molecule has 0 aromatic heterocycles. The third-order valence-electron chi connectivity index (χ3n) is 4.85. The predicted molar refractivity (Wildman–Crippen MR) is 103 cm³/mol. The number of nitro benzene ring substituents is 1. The summed E-state index contributed by atoms with van der Waals surface area (Å²) < 4.78 is 15.8. The zero-order valence-corrected chi connectivity index (χ0v) is 16.3. The average Bonchev–Trinajstić information content (AvgIpc) is 2.75. The maximum Gasteiger partial charge on any atom is 0.335 e. The molecule has 1 aliphatic rings. The van der Waals surface area contributed by atoms with E-state index in [2.05, 4.69) is 0 Å². The minimum Gasteiger partial charge on any atom is -0.497 e. The number of nitro groups is 1. The van der Waals surface area contributed by atoms with Gasteiger partial charge < -0.3 is 24.2 Å². The van der Waals surface area contributed by atoms with Crippen molar-refractivity contribution in [2.75, 3.05) is 20.8 Å². The van der Waals surface area contributed by atoms with Gasteiger partial charge in [-0.3, -0.25) is 14.9 Å². The third-order valence-corrected chi connectivity index (χ3v) is 4.85. The molecule has 10 nitrogen and oxygen atoms in total. The molecule has 2 aromatic rings. The number of morpholine rings is 1. The molecular formula is C20H20N2O8. The van der Waals surface area contributed by atoms with Crippen LogP contribution < -0.4 is 9.47 Å². The standard InChI is InChI=1S/C20H20N2O8/c1-28-15-8-5-13(16(9-15)29-2)10-21-17(23)11-30-19(20(24)25)18(21)12-3-6-14(7-4-12)22(26)27/h3-9,18-19H,10-11H2,1-2H3,(H,24,25). The van der Waals surface area contributed by atoms with Gasteiger partial charge in [0.1, 0.15) is 18.1 Å². The largest absolute Gasteiger partial charge is 0.497 e. The summed E-state index contributed by atoms with van der Waals surface area (Å²) in [6, 6.07) is 9.50. The summed E-state index contributed by atoms with van der Waals surface area (Å²) in [5.41, 5.74) is 0.912. The molecule has 0 radical (unpaired) electrons. The monoisotopic (exact) mass is 416 g/mol. The third kappa shape index (κ3) is 4.18. The van der Waals surface area contributed by atoms with Gasteiger partial charge in [0.15, 0.2) is 6.10 Å². The average molecular weight is 416 g/mol. The first-order valence-electron chi connectivity index (χ1n) is 8.94. The zero-order valence-electron chi connectivity index (χ0n) is 16.3. The Labute approximate surface area is 171 Å². The second kappa shape index (κ2) is 8.78. The molecule has 1 N–H and O–H groups in total. The molecule has 1 heterocycles. The Bertz CT molecular complexity index is 960. The molecule has 30 heavy (non-hydrogen) atoms. The molecule has 158 valence electrons. The molecule has 0 spiro atoms. The smallest absolute Gasteiger partial charge is 0.335 e. The molecule has 1 fully saturated rings. The maximum atomic E-state index is 12.7. The highest BCUT2D eigenvalue weighted by molar-refractivity contribution is 5.83. The number of methoxy groups -OCH3 is 2. The fourth-order valence-corrected chi connectivity index (χ4v) is 3.36. The van der Waals surface area contributed by atoms with Crippen LogP contribution in [0.3, 0.4) is 0 Å². The molecule has 10 heteroatoms. The zero-order chi connectivity index (χ0) is 21.8. The molecule has 1 amide bonds. The quantitative estimate of drug-likeness (QED) is 0.537. The first-order valence-corrected chi connectivity index (χ1v) is 8.94. The van der Waals surface area contributed by atoms with Crippen LogP contribution in [0, 0.1) is 10.1 Å². The molecule has 0 aliphatic carbocycles. The summed E-state index contributed by atoms with van der Waals surface area (Å²) in [5, 5.41) is 20.6. The minimum atomic E-state index is -1.33. The summed E-state index contributed by atoms with van der Waals surface area (Å²) in [6.07, 6.45) is -1.33. The topological polar surface area (TPSA) is 128 Å². The SMILES string of the molecule is COc1ccc(CN2C(=O)COC(C(=O)O)C2c2ccc([N+](=O)[O-])cc2)c(OC)c1. The van der Waals surface area contributed by atoms with Crippen molar-refractivity contribution in [2.45, 2.75) is 18.7 Å². The Kier molecular flexibility index (Phi) is 6.17. The van der Waals surface area contributed by atoms with E-state index >= 15 is 0 Å². The number of rotatable bonds is 7. The molecule has 2 atom stereocenters. The van der Waals surface area contributed by atoms with Crippen molar-refractivity contribution >= 4 is 17.6 Å². The van der Waals surface area contributed by atoms with E-state index in [9.17, 15) is 24.8 Å². The van der Waals surface area contributed by atoms with Crippen LogP contribution in [0.2, 0.25) is 0 Å². The summed E-state index contributed by atoms with van der Waals surface area (Å²) in [6.45, 7) is -0.334. The number of carboxylic acid groups (broad SMARTS) is 1. The van der Waals surface area contributed by atoms with Gasteiger partial charge in [-0.2, -0.15) is 0 Å². The lowest BCUT2D eigenvalue weighted by molar-refractivity contribution is -0.384. The fraction of sp³-hybridized carbons (Fsp3) is 0.300. The van der Waals surface area contributed by atoms with Crippen LogP contribution in [0.4, 0.5) is 5.69 Å². The second-order valence-corrected chi connectivity index (χ2v) is 6.56. The van der Waals surface area contributed by atoms with Gasteiger partial charge in [0.25, 0.3) is 5.69 Å². The number of hydrogen-bond donors (Lipinski definition) is 1.